The molecule has 0 radical (unpaired) electrons. The van der Waals surface area contributed by atoms with Crippen LogP contribution in [-0.2, 0) is 4.79 Å². The van der Waals surface area contributed by atoms with Gasteiger partial charge in [0.2, 0.25) is 5.91 Å². The summed E-state index contributed by atoms with van der Waals surface area (Å²) in [6.07, 6.45) is 2.88. The first-order valence-corrected chi connectivity index (χ1v) is 5.59. The van der Waals surface area contributed by atoms with Crippen molar-refractivity contribution in [3.63, 3.8) is 0 Å². The predicted molar refractivity (Wildman–Crippen MR) is 58.1 cm³/mol. The zero-order valence-corrected chi connectivity index (χ0v) is 9.55. The largest absolute Gasteiger partial charge is 0.354 e. The Morgan fingerprint density at radius 1 is 1.64 bits per heavy atom. The van der Waals surface area contributed by atoms with E-state index in [1.807, 2.05) is 0 Å². The second-order valence-electron chi connectivity index (χ2n) is 4.50. The molecule has 1 rings (SSSR count). The number of likely N-dealkylation sites (tertiary alicyclic amines) is 1. The van der Waals surface area contributed by atoms with Gasteiger partial charge in [0.25, 0.3) is 0 Å². The number of hydrogen-bond acceptors (Lipinski definition) is 2. The molecule has 2 atom stereocenters. The molecule has 82 valence electrons. The van der Waals surface area contributed by atoms with E-state index in [4.69, 9.17) is 0 Å². The topological polar surface area (TPSA) is 32.3 Å². The van der Waals surface area contributed by atoms with E-state index in [0.29, 0.717) is 18.4 Å². The van der Waals surface area contributed by atoms with Crippen LogP contribution in [0.15, 0.2) is 0 Å². The maximum Gasteiger partial charge on any atom is 0.220 e. The smallest absolute Gasteiger partial charge is 0.220 e. The number of nitrogens with zero attached hydrogens (tertiary/aromatic N) is 1. The Morgan fingerprint density at radius 2 is 2.36 bits per heavy atom. The summed E-state index contributed by atoms with van der Waals surface area (Å²) in [7, 11) is 2.12. The summed E-state index contributed by atoms with van der Waals surface area (Å²) >= 11 is 0. The van der Waals surface area contributed by atoms with E-state index < -0.39 is 0 Å². The van der Waals surface area contributed by atoms with Gasteiger partial charge in [-0.1, -0.05) is 6.92 Å². The van der Waals surface area contributed by atoms with E-state index in [9.17, 15) is 4.79 Å². The number of rotatable bonds is 4. The van der Waals surface area contributed by atoms with Crippen LogP contribution in [0.2, 0.25) is 0 Å². The fourth-order valence-corrected chi connectivity index (χ4v) is 1.89. The SMILES string of the molecule is CC[C@H](C)NC(=O)CC1CCN(C)C1. The average Bonchev–Trinajstić information content (AvgIpc) is 2.50. The molecular formula is C11H22N2O. The number of carbonyl (C=O) groups is 1. The molecule has 0 bridgehead atoms. The fourth-order valence-electron chi connectivity index (χ4n) is 1.89. The van der Waals surface area contributed by atoms with Crippen LogP contribution in [0.5, 0.6) is 0 Å². The lowest BCUT2D eigenvalue weighted by Crippen LogP contribution is -2.33. The third-order valence-electron chi connectivity index (χ3n) is 2.98. The maximum absolute atomic E-state index is 11.5. The van der Waals surface area contributed by atoms with Gasteiger partial charge in [-0.2, -0.15) is 0 Å². The van der Waals surface area contributed by atoms with E-state index in [1.54, 1.807) is 0 Å². The summed E-state index contributed by atoms with van der Waals surface area (Å²) in [6, 6.07) is 0.321. The monoisotopic (exact) mass is 198 g/mol. The second-order valence-corrected chi connectivity index (χ2v) is 4.50. The molecule has 3 nitrogen and oxygen atoms in total. The highest BCUT2D eigenvalue weighted by molar-refractivity contribution is 5.76. The standard InChI is InChI=1S/C11H22N2O/c1-4-9(2)12-11(14)7-10-5-6-13(3)8-10/h9-10H,4-8H2,1-3H3,(H,12,14)/t9-,10?/m0/s1. The molecule has 0 aromatic heterocycles. The van der Waals surface area contributed by atoms with Crippen molar-refractivity contribution >= 4 is 5.91 Å². The lowest BCUT2D eigenvalue weighted by molar-refractivity contribution is -0.122. The van der Waals surface area contributed by atoms with Gasteiger partial charge in [0.05, 0.1) is 0 Å². The second kappa shape index (κ2) is 5.35. The molecule has 1 fully saturated rings. The van der Waals surface area contributed by atoms with Gasteiger partial charge in [0, 0.05) is 19.0 Å². The molecule has 1 aliphatic rings. The highest BCUT2D eigenvalue weighted by Crippen LogP contribution is 2.17. The van der Waals surface area contributed by atoms with Crippen LogP contribution in [0.25, 0.3) is 0 Å². The third-order valence-corrected chi connectivity index (χ3v) is 2.98. The highest BCUT2D eigenvalue weighted by atomic mass is 16.1. The third kappa shape index (κ3) is 3.66. The predicted octanol–water partition coefficient (Wildman–Crippen LogP) is 1.24. The minimum absolute atomic E-state index is 0.222. The van der Waals surface area contributed by atoms with E-state index in [1.165, 1.54) is 6.42 Å². The first kappa shape index (κ1) is 11.5. The van der Waals surface area contributed by atoms with Crippen molar-refractivity contribution in [2.24, 2.45) is 5.92 Å². The zero-order valence-electron chi connectivity index (χ0n) is 9.55. The van der Waals surface area contributed by atoms with E-state index in [0.717, 1.165) is 19.5 Å². The van der Waals surface area contributed by atoms with Crippen LogP contribution in [0.3, 0.4) is 0 Å². The van der Waals surface area contributed by atoms with E-state index in [2.05, 4.69) is 31.1 Å². The Balaban J connectivity index is 2.20. The molecule has 1 unspecified atom stereocenters. The summed E-state index contributed by atoms with van der Waals surface area (Å²) in [4.78, 5) is 13.8. The van der Waals surface area contributed by atoms with Gasteiger partial charge in [-0.15, -0.1) is 0 Å². The van der Waals surface area contributed by atoms with Crippen molar-refractivity contribution in [3.05, 3.63) is 0 Å². The van der Waals surface area contributed by atoms with E-state index >= 15 is 0 Å². The quantitative estimate of drug-likeness (QED) is 0.737. The molecule has 0 aromatic rings. The molecular weight excluding hydrogens is 176 g/mol. The van der Waals surface area contributed by atoms with Crippen molar-refractivity contribution in [2.75, 3.05) is 20.1 Å². The van der Waals surface area contributed by atoms with Gasteiger partial charge in [-0.25, -0.2) is 0 Å². The van der Waals surface area contributed by atoms with Gasteiger partial charge < -0.3 is 10.2 Å². The number of hydrogen-bond donors (Lipinski definition) is 1. The number of amides is 1. The Bertz CT molecular complexity index is 194. The molecule has 14 heavy (non-hydrogen) atoms. The van der Waals surface area contributed by atoms with Gasteiger partial charge in [-0.05, 0) is 39.3 Å². The van der Waals surface area contributed by atoms with E-state index in [-0.39, 0.29) is 5.91 Å². The van der Waals surface area contributed by atoms with Crippen LogP contribution in [0, 0.1) is 5.92 Å². The molecule has 1 saturated heterocycles. The zero-order chi connectivity index (χ0) is 10.6. The highest BCUT2D eigenvalue weighted by Gasteiger charge is 2.22. The van der Waals surface area contributed by atoms with Crippen molar-refractivity contribution < 1.29 is 4.79 Å². The summed E-state index contributed by atoms with van der Waals surface area (Å²) in [6.45, 7) is 6.36. The van der Waals surface area contributed by atoms with Crippen molar-refractivity contribution in [1.29, 1.82) is 0 Å². The molecule has 1 heterocycles. The molecule has 0 spiro atoms. The van der Waals surface area contributed by atoms with Crippen molar-refractivity contribution in [2.45, 2.75) is 39.2 Å². The normalized spacial score (nSPS) is 24.9. The van der Waals surface area contributed by atoms with Crippen LogP contribution in [0.1, 0.15) is 33.1 Å². The van der Waals surface area contributed by atoms with Crippen molar-refractivity contribution in [1.82, 2.24) is 10.2 Å². The minimum atomic E-state index is 0.222. The lowest BCUT2D eigenvalue weighted by Gasteiger charge is -2.14. The average molecular weight is 198 g/mol. The minimum Gasteiger partial charge on any atom is -0.354 e. The van der Waals surface area contributed by atoms with Crippen LogP contribution < -0.4 is 5.32 Å². The number of carbonyl (C=O) groups excluding carboxylic acids is 1. The summed E-state index contributed by atoms with van der Waals surface area (Å²) in [5.74, 6) is 0.795. The summed E-state index contributed by atoms with van der Waals surface area (Å²) in [5.41, 5.74) is 0. The van der Waals surface area contributed by atoms with Gasteiger partial charge in [0.1, 0.15) is 0 Å². The summed E-state index contributed by atoms with van der Waals surface area (Å²) < 4.78 is 0. The lowest BCUT2D eigenvalue weighted by atomic mass is 10.0. The molecule has 3 heteroatoms. The Hall–Kier alpha value is -0.570. The van der Waals surface area contributed by atoms with Gasteiger partial charge >= 0.3 is 0 Å². The summed E-state index contributed by atoms with van der Waals surface area (Å²) in [5, 5.41) is 3.01. The molecule has 1 aliphatic heterocycles. The maximum atomic E-state index is 11.5. The molecule has 0 aliphatic carbocycles. The molecule has 1 amide bonds. The Morgan fingerprint density at radius 3 is 2.86 bits per heavy atom. The number of nitrogens with one attached hydrogen (secondary N) is 1. The first-order valence-electron chi connectivity index (χ1n) is 5.59. The molecule has 0 aromatic carbocycles. The fraction of sp³-hybridized carbons (Fsp3) is 0.909. The van der Waals surface area contributed by atoms with Gasteiger partial charge in [0.15, 0.2) is 0 Å². The van der Waals surface area contributed by atoms with Crippen molar-refractivity contribution in [3.8, 4) is 0 Å². The molecule has 1 N–H and O–H groups in total. The molecule has 0 saturated carbocycles. The van der Waals surface area contributed by atoms with Crippen LogP contribution >= 0.6 is 0 Å². The first-order chi connectivity index (χ1) is 6.61. The Kier molecular flexibility index (Phi) is 4.39. The van der Waals surface area contributed by atoms with Gasteiger partial charge in [-0.3, -0.25) is 4.79 Å². The van der Waals surface area contributed by atoms with Crippen LogP contribution in [-0.4, -0.2) is 37.0 Å². The van der Waals surface area contributed by atoms with Crippen LogP contribution in [0.4, 0.5) is 0 Å². The Labute approximate surface area is 86.9 Å².